The van der Waals surface area contributed by atoms with Crippen LogP contribution in [-0.2, 0) is 11.3 Å². The second-order valence-electron chi connectivity index (χ2n) is 11.6. The van der Waals surface area contributed by atoms with Crippen molar-refractivity contribution in [3.63, 3.8) is 0 Å². The molecular formula is C31H39ClN4O2. The van der Waals surface area contributed by atoms with Gasteiger partial charge < -0.3 is 9.80 Å². The second kappa shape index (κ2) is 10.5. The summed E-state index contributed by atoms with van der Waals surface area (Å²) in [6, 6.07) is 16.8. The van der Waals surface area contributed by atoms with Gasteiger partial charge in [0.25, 0.3) is 5.91 Å². The fourth-order valence-electron chi connectivity index (χ4n) is 7.39. The van der Waals surface area contributed by atoms with Crippen molar-refractivity contribution >= 4 is 29.2 Å². The summed E-state index contributed by atoms with van der Waals surface area (Å²) in [6.45, 7) is 7.43. The zero-order valence-corrected chi connectivity index (χ0v) is 23.2. The van der Waals surface area contributed by atoms with Gasteiger partial charge in [0.05, 0.1) is 0 Å². The standard InChI is InChI=1S/C31H39ClN4O2/c1-2-35-30(38)36(26-14-11-24(21-26)27-7-3-4-8-28(27)32)29(37)31(35)15-19-33(20-16-31)22-23-9-12-25(13-10-23)34-17-5-6-18-34/h3-4,7-10,12-13,24,26H,2,5-6,11,14-22H2,1H3. The molecule has 2 aromatic rings. The average Bonchev–Trinajstić information content (AvgIpc) is 3.67. The number of rotatable bonds is 6. The highest BCUT2D eigenvalue weighted by molar-refractivity contribution is 6.31. The van der Waals surface area contributed by atoms with Crippen molar-refractivity contribution in [2.45, 2.75) is 75.9 Å². The molecule has 6 rings (SSSR count). The SMILES string of the molecule is CCN1C(=O)N(C2CCC(c3ccccc3Cl)C2)C(=O)C12CCN(Cc1ccc(N3CCCC3)cc1)CC2. The van der Waals surface area contributed by atoms with Gasteiger partial charge in [-0.2, -0.15) is 0 Å². The molecule has 1 aliphatic carbocycles. The first kappa shape index (κ1) is 25.7. The Kier molecular flexibility index (Phi) is 7.12. The summed E-state index contributed by atoms with van der Waals surface area (Å²) in [4.78, 5) is 36.0. The predicted octanol–water partition coefficient (Wildman–Crippen LogP) is 5.90. The minimum atomic E-state index is -0.690. The zero-order chi connectivity index (χ0) is 26.3. The maximum atomic E-state index is 14.0. The molecule has 4 aliphatic rings. The summed E-state index contributed by atoms with van der Waals surface area (Å²) in [5.74, 6) is 0.323. The number of imide groups is 1. The molecule has 1 spiro atoms. The zero-order valence-electron chi connectivity index (χ0n) is 22.4. The minimum Gasteiger partial charge on any atom is -0.372 e. The second-order valence-corrected chi connectivity index (χ2v) is 12.0. The number of carbonyl (C=O) groups excluding carboxylic acids is 2. The molecule has 0 N–H and O–H groups in total. The van der Waals surface area contributed by atoms with E-state index in [9.17, 15) is 9.59 Å². The molecule has 3 amide bonds. The van der Waals surface area contributed by atoms with Crippen LogP contribution in [0.25, 0.3) is 0 Å². The molecular weight excluding hydrogens is 496 g/mol. The normalized spacial score (nSPS) is 25.8. The highest BCUT2D eigenvalue weighted by atomic mass is 35.5. The molecule has 3 saturated heterocycles. The number of likely N-dealkylation sites (N-methyl/N-ethyl adjacent to an activating group) is 1. The molecule has 6 nitrogen and oxygen atoms in total. The van der Waals surface area contributed by atoms with E-state index in [0.29, 0.717) is 25.3 Å². The minimum absolute atomic E-state index is 0.0313. The maximum absolute atomic E-state index is 14.0. The van der Waals surface area contributed by atoms with E-state index in [1.54, 1.807) is 4.90 Å². The Labute approximate surface area is 231 Å². The molecule has 3 heterocycles. The number of urea groups is 1. The Morgan fingerprint density at radius 2 is 1.63 bits per heavy atom. The lowest BCUT2D eigenvalue weighted by Crippen LogP contribution is -2.56. The van der Waals surface area contributed by atoms with Crippen LogP contribution >= 0.6 is 11.6 Å². The van der Waals surface area contributed by atoms with Crippen molar-refractivity contribution in [2.75, 3.05) is 37.6 Å². The van der Waals surface area contributed by atoms with Crippen LogP contribution in [0.4, 0.5) is 10.5 Å². The van der Waals surface area contributed by atoms with Gasteiger partial charge in [0.2, 0.25) is 0 Å². The van der Waals surface area contributed by atoms with Gasteiger partial charge in [-0.25, -0.2) is 4.79 Å². The van der Waals surface area contributed by atoms with Crippen LogP contribution in [0.3, 0.4) is 0 Å². The lowest BCUT2D eigenvalue weighted by molar-refractivity contribution is -0.137. The monoisotopic (exact) mass is 534 g/mol. The van der Waals surface area contributed by atoms with Crippen molar-refractivity contribution in [3.05, 3.63) is 64.7 Å². The highest BCUT2D eigenvalue weighted by Gasteiger charge is 2.59. The molecule has 1 saturated carbocycles. The van der Waals surface area contributed by atoms with Crippen LogP contribution in [0.1, 0.15) is 68.9 Å². The van der Waals surface area contributed by atoms with E-state index < -0.39 is 5.54 Å². The number of benzene rings is 2. The van der Waals surface area contributed by atoms with E-state index in [1.165, 1.54) is 24.1 Å². The Bertz CT molecular complexity index is 1170. The third-order valence-corrected chi connectivity index (χ3v) is 9.84. The van der Waals surface area contributed by atoms with E-state index in [2.05, 4.69) is 40.1 Å². The van der Waals surface area contributed by atoms with Crippen LogP contribution in [-0.4, -0.2) is 70.9 Å². The number of halogens is 1. The van der Waals surface area contributed by atoms with Gasteiger partial charge in [-0.15, -0.1) is 0 Å². The van der Waals surface area contributed by atoms with Gasteiger partial charge in [0.15, 0.2) is 0 Å². The van der Waals surface area contributed by atoms with Crippen LogP contribution in [0.2, 0.25) is 5.02 Å². The van der Waals surface area contributed by atoms with Gasteiger partial charge in [-0.05, 0) is 87.1 Å². The Morgan fingerprint density at radius 1 is 0.921 bits per heavy atom. The molecule has 0 bridgehead atoms. The molecule has 2 unspecified atom stereocenters. The maximum Gasteiger partial charge on any atom is 0.327 e. The fourth-order valence-corrected chi connectivity index (χ4v) is 7.68. The summed E-state index contributed by atoms with van der Waals surface area (Å²) in [5, 5.41) is 0.780. The van der Waals surface area contributed by atoms with E-state index >= 15 is 0 Å². The molecule has 38 heavy (non-hydrogen) atoms. The van der Waals surface area contributed by atoms with Crippen molar-refractivity contribution in [1.29, 1.82) is 0 Å². The number of nitrogens with zero attached hydrogens (tertiary/aromatic N) is 4. The number of carbonyl (C=O) groups is 2. The Balaban J connectivity index is 1.11. The predicted molar refractivity (Wildman–Crippen MR) is 152 cm³/mol. The third kappa shape index (κ3) is 4.50. The molecule has 202 valence electrons. The number of hydrogen-bond acceptors (Lipinski definition) is 4. The first-order valence-electron chi connectivity index (χ1n) is 14.5. The average molecular weight is 535 g/mol. The highest BCUT2D eigenvalue weighted by Crippen LogP contribution is 2.44. The van der Waals surface area contributed by atoms with Gasteiger partial charge in [0.1, 0.15) is 5.54 Å². The summed E-state index contributed by atoms with van der Waals surface area (Å²) in [7, 11) is 0. The van der Waals surface area contributed by atoms with Crippen molar-refractivity contribution in [3.8, 4) is 0 Å². The molecule has 2 atom stereocenters. The number of piperidine rings is 1. The molecule has 3 aliphatic heterocycles. The van der Waals surface area contributed by atoms with Crippen molar-refractivity contribution in [2.24, 2.45) is 0 Å². The lowest BCUT2D eigenvalue weighted by Gasteiger charge is -2.42. The summed E-state index contributed by atoms with van der Waals surface area (Å²) in [6.07, 6.45) is 6.58. The Morgan fingerprint density at radius 3 is 2.32 bits per heavy atom. The van der Waals surface area contributed by atoms with E-state index in [-0.39, 0.29) is 18.0 Å². The molecule has 2 aromatic carbocycles. The third-order valence-electron chi connectivity index (χ3n) is 9.50. The quantitative estimate of drug-likeness (QED) is 0.433. The van der Waals surface area contributed by atoms with Crippen LogP contribution in [0, 0.1) is 0 Å². The van der Waals surface area contributed by atoms with Crippen molar-refractivity contribution < 1.29 is 9.59 Å². The summed E-state index contributed by atoms with van der Waals surface area (Å²) < 4.78 is 0. The molecule has 4 fully saturated rings. The van der Waals surface area contributed by atoms with E-state index in [0.717, 1.165) is 62.6 Å². The topological polar surface area (TPSA) is 47.1 Å². The van der Waals surface area contributed by atoms with Crippen LogP contribution in [0.5, 0.6) is 0 Å². The Hall–Kier alpha value is -2.57. The smallest absolute Gasteiger partial charge is 0.327 e. The number of likely N-dealkylation sites (tertiary alicyclic amines) is 1. The first-order chi connectivity index (χ1) is 18.5. The van der Waals surface area contributed by atoms with Gasteiger partial charge in [-0.1, -0.05) is 41.9 Å². The lowest BCUT2D eigenvalue weighted by atomic mass is 9.85. The summed E-state index contributed by atoms with van der Waals surface area (Å²) >= 11 is 6.48. The molecule has 7 heteroatoms. The number of amides is 3. The van der Waals surface area contributed by atoms with E-state index in [4.69, 9.17) is 11.6 Å². The fraction of sp³-hybridized carbons (Fsp3) is 0.548. The van der Waals surface area contributed by atoms with Crippen molar-refractivity contribution in [1.82, 2.24) is 14.7 Å². The van der Waals surface area contributed by atoms with E-state index in [1.807, 2.05) is 30.0 Å². The molecule has 0 aromatic heterocycles. The number of hydrogen-bond donors (Lipinski definition) is 0. The van der Waals surface area contributed by atoms with Gasteiger partial charge in [-0.3, -0.25) is 14.6 Å². The van der Waals surface area contributed by atoms with Crippen LogP contribution in [0.15, 0.2) is 48.5 Å². The first-order valence-corrected chi connectivity index (χ1v) is 14.8. The molecule has 0 radical (unpaired) electrons. The number of anilines is 1. The summed E-state index contributed by atoms with van der Waals surface area (Å²) in [5.41, 5.74) is 3.08. The largest absolute Gasteiger partial charge is 0.372 e. The van der Waals surface area contributed by atoms with Gasteiger partial charge in [0, 0.05) is 56.0 Å². The van der Waals surface area contributed by atoms with Crippen LogP contribution < -0.4 is 4.90 Å². The van der Waals surface area contributed by atoms with Gasteiger partial charge >= 0.3 is 6.03 Å².